The monoisotopic (exact) mass is 439 g/mol. The van der Waals surface area contributed by atoms with E-state index >= 15 is 0 Å². The Morgan fingerprint density at radius 2 is 2.29 bits per heavy atom. The molecule has 0 aromatic carbocycles. The molecule has 10 nitrogen and oxygen atoms in total. The number of thiophene rings is 1. The van der Waals surface area contributed by atoms with Crippen LogP contribution in [0.3, 0.4) is 0 Å². The number of amides is 1. The molecule has 1 saturated heterocycles. The highest BCUT2D eigenvalue weighted by Gasteiger charge is 2.22. The largest absolute Gasteiger partial charge is 0.470 e. The van der Waals surface area contributed by atoms with Crippen LogP contribution in [0.15, 0.2) is 36.1 Å². The number of hydrogen-bond donors (Lipinski definition) is 2. The third kappa shape index (κ3) is 3.84. The van der Waals surface area contributed by atoms with Gasteiger partial charge in [0.1, 0.15) is 11.6 Å². The van der Waals surface area contributed by atoms with Crippen LogP contribution in [-0.2, 0) is 11.8 Å². The van der Waals surface area contributed by atoms with Gasteiger partial charge in [-0.3, -0.25) is 9.48 Å². The van der Waals surface area contributed by atoms with Crippen molar-refractivity contribution in [2.45, 2.75) is 12.5 Å². The van der Waals surface area contributed by atoms with E-state index in [0.29, 0.717) is 29.9 Å². The van der Waals surface area contributed by atoms with Gasteiger partial charge in [-0.15, -0.1) is 11.3 Å². The topological polar surface area (TPSA) is 108 Å². The molecule has 4 aromatic heterocycles. The number of rotatable bonds is 6. The SMILES string of the molecule is CNC(=O)c1cc(Nc2nc(OC3CCOC3)c3c(ccn3-c3cnn(C)c3)n2)cs1. The molecule has 1 unspecified atom stereocenters. The van der Waals surface area contributed by atoms with Crippen LogP contribution in [0.5, 0.6) is 5.88 Å². The molecule has 0 bridgehead atoms. The average Bonchev–Trinajstić information content (AvgIpc) is 3.54. The first-order valence-electron chi connectivity index (χ1n) is 9.81. The Labute approximate surface area is 181 Å². The standard InChI is InChI=1S/C20H21N7O3S/c1-21-18(28)16-7-12(11-31-16)23-20-24-15-3-5-27(13-8-22-26(2)9-13)17(15)19(25-20)30-14-4-6-29-10-14/h3,5,7-9,11,14H,4,6,10H2,1-2H3,(H,21,28)(H,23,24,25). The van der Waals surface area contributed by atoms with Crippen LogP contribution in [0.1, 0.15) is 16.1 Å². The van der Waals surface area contributed by atoms with E-state index in [0.717, 1.165) is 28.8 Å². The summed E-state index contributed by atoms with van der Waals surface area (Å²) in [5, 5.41) is 11.9. The molecule has 1 fully saturated rings. The lowest BCUT2D eigenvalue weighted by Crippen LogP contribution is -2.17. The summed E-state index contributed by atoms with van der Waals surface area (Å²) >= 11 is 1.35. The fraction of sp³-hybridized carbons (Fsp3) is 0.300. The average molecular weight is 440 g/mol. The molecule has 160 valence electrons. The van der Waals surface area contributed by atoms with E-state index in [-0.39, 0.29) is 12.0 Å². The van der Waals surface area contributed by atoms with Crippen molar-refractivity contribution in [3.63, 3.8) is 0 Å². The molecule has 31 heavy (non-hydrogen) atoms. The van der Waals surface area contributed by atoms with Gasteiger partial charge in [-0.2, -0.15) is 10.1 Å². The van der Waals surface area contributed by atoms with Gasteiger partial charge in [-0.1, -0.05) is 0 Å². The van der Waals surface area contributed by atoms with Crippen LogP contribution in [0.2, 0.25) is 0 Å². The van der Waals surface area contributed by atoms with Crippen molar-refractivity contribution in [3.8, 4) is 11.6 Å². The predicted octanol–water partition coefficient (Wildman–Crippen LogP) is 2.49. The first kappa shape index (κ1) is 19.5. The number of fused-ring (bicyclic) bond motifs is 1. The Bertz CT molecular complexity index is 1240. The zero-order valence-electron chi connectivity index (χ0n) is 17.0. The van der Waals surface area contributed by atoms with Crippen LogP contribution < -0.4 is 15.4 Å². The number of aryl methyl sites for hydroxylation is 1. The van der Waals surface area contributed by atoms with Crippen LogP contribution in [0.25, 0.3) is 16.7 Å². The molecule has 1 amide bonds. The molecule has 0 saturated carbocycles. The predicted molar refractivity (Wildman–Crippen MR) is 116 cm³/mol. The van der Waals surface area contributed by atoms with Gasteiger partial charge < -0.3 is 24.7 Å². The highest BCUT2D eigenvalue weighted by molar-refractivity contribution is 7.12. The highest BCUT2D eigenvalue weighted by Crippen LogP contribution is 2.31. The van der Waals surface area contributed by atoms with Gasteiger partial charge in [0.15, 0.2) is 0 Å². The van der Waals surface area contributed by atoms with Crippen molar-refractivity contribution in [1.82, 2.24) is 29.6 Å². The van der Waals surface area contributed by atoms with Gasteiger partial charge >= 0.3 is 0 Å². The summed E-state index contributed by atoms with van der Waals surface area (Å²) in [6, 6.07) is 3.68. The second-order valence-corrected chi connectivity index (χ2v) is 8.06. The summed E-state index contributed by atoms with van der Waals surface area (Å²) in [4.78, 5) is 21.8. The molecule has 0 spiro atoms. The maximum absolute atomic E-state index is 11.8. The van der Waals surface area contributed by atoms with Gasteiger partial charge in [-0.25, -0.2) is 4.98 Å². The maximum Gasteiger partial charge on any atom is 0.261 e. The number of aromatic nitrogens is 5. The van der Waals surface area contributed by atoms with Crippen molar-refractivity contribution in [2.75, 3.05) is 25.6 Å². The normalized spacial score (nSPS) is 16.0. The van der Waals surface area contributed by atoms with E-state index in [1.54, 1.807) is 24.0 Å². The van der Waals surface area contributed by atoms with E-state index in [1.807, 2.05) is 35.5 Å². The number of anilines is 2. The van der Waals surface area contributed by atoms with Gasteiger partial charge in [-0.05, 0) is 12.1 Å². The summed E-state index contributed by atoms with van der Waals surface area (Å²) in [7, 11) is 3.48. The number of nitrogens with zero attached hydrogens (tertiary/aromatic N) is 5. The minimum Gasteiger partial charge on any atom is -0.470 e. The lowest BCUT2D eigenvalue weighted by molar-refractivity contribution is 0.0967. The van der Waals surface area contributed by atoms with Crippen molar-refractivity contribution in [2.24, 2.45) is 7.05 Å². The lowest BCUT2D eigenvalue weighted by atomic mass is 10.3. The van der Waals surface area contributed by atoms with E-state index < -0.39 is 0 Å². The molecule has 1 atom stereocenters. The van der Waals surface area contributed by atoms with Crippen molar-refractivity contribution in [1.29, 1.82) is 0 Å². The summed E-state index contributed by atoms with van der Waals surface area (Å²) < 4.78 is 15.4. The second-order valence-electron chi connectivity index (χ2n) is 7.15. The quantitative estimate of drug-likeness (QED) is 0.475. The van der Waals surface area contributed by atoms with Gasteiger partial charge in [0.25, 0.3) is 5.91 Å². The molecule has 5 rings (SSSR count). The summed E-state index contributed by atoms with van der Waals surface area (Å²) in [5.41, 5.74) is 3.13. The molecule has 1 aliphatic rings. The molecule has 4 aromatic rings. The smallest absolute Gasteiger partial charge is 0.261 e. The van der Waals surface area contributed by atoms with E-state index in [9.17, 15) is 4.79 Å². The van der Waals surface area contributed by atoms with Crippen LogP contribution in [0, 0.1) is 0 Å². The Balaban J connectivity index is 1.54. The highest BCUT2D eigenvalue weighted by atomic mass is 32.1. The molecule has 0 aliphatic carbocycles. The van der Waals surface area contributed by atoms with Crippen LogP contribution >= 0.6 is 11.3 Å². The molecular weight excluding hydrogens is 418 g/mol. The summed E-state index contributed by atoms with van der Waals surface area (Å²) in [6.07, 6.45) is 6.36. The third-order valence-electron chi connectivity index (χ3n) is 4.94. The maximum atomic E-state index is 11.8. The fourth-order valence-electron chi connectivity index (χ4n) is 3.44. The number of carbonyl (C=O) groups excluding carboxylic acids is 1. The Kier molecular flexibility index (Phi) is 5.04. The van der Waals surface area contributed by atoms with Gasteiger partial charge in [0, 0.05) is 38.3 Å². The van der Waals surface area contributed by atoms with Gasteiger partial charge in [0.2, 0.25) is 11.8 Å². The van der Waals surface area contributed by atoms with Gasteiger partial charge in [0.05, 0.1) is 41.2 Å². The molecule has 0 radical (unpaired) electrons. The van der Waals surface area contributed by atoms with Crippen molar-refractivity contribution >= 4 is 39.9 Å². The zero-order chi connectivity index (χ0) is 21.4. The van der Waals surface area contributed by atoms with Crippen molar-refractivity contribution in [3.05, 3.63) is 41.0 Å². The minimum atomic E-state index is -0.131. The second kappa shape index (κ2) is 8.00. The third-order valence-corrected chi connectivity index (χ3v) is 5.87. The Morgan fingerprint density at radius 3 is 3.03 bits per heavy atom. The Hall–Kier alpha value is -3.44. The first-order valence-corrected chi connectivity index (χ1v) is 10.7. The van der Waals surface area contributed by atoms with Crippen LogP contribution in [-0.4, -0.2) is 56.6 Å². The van der Waals surface area contributed by atoms with E-state index in [4.69, 9.17) is 9.47 Å². The molecular formula is C20H21N7O3S. The number of hydrogen-bond acceptors (Lipinski definition) is 8. The zero-order valence-corrected chi connectivity index (χ0v) is 17.8. The molecule has 2 N–H and O–H groups in total. The van der Waals surface area contributed by atoms with E-state index in [2.05, 4.69) is 25.7 Å². The number of nitrogens with one attached hydrogen (secondary N) is 2. The van der Waals surface area contributed by atoms with Crippen molar-refractivity contribution < 1.29 is 14.3 Å². The summed E-state index contributed by atoms with van der Waals surface area (Å²) in [5.74, 6) is 0.735. The number of carbonyl (C=O) groups is 1. The molecule has 5 heterocycles. The Morgan fingerprint density at radius 1 is 1.39 bits per heavy atom. The first-order chi connectivity index (χ1) is 15.1. The molecule has 1 aliphatic heterocycles. The summed E-state index contributed by atoms with van der Waals surface area (Å²) in [6.45, 7) is 1.20. The fourth-order valence-corrected chi connectivity index (χ4v) is 4.22. The number of ether oxygens (including phenoxy) is 2. The molecule has 11 heteroatoms. The minimum absolute atomic E-state index is 0.0656. The van der Waals surface area contributed by atoms with Crippen LogP contribution in [0.4, 0.5) is 11.6 Å². The lowest BCUT2D eigenvalue weighted by Gasteiger charge is -2.14. The van der Waals surface area contributed by atoms with E-state index in [1.165, 1.54) is 11.3 Å².